The molecule has 0 fully saturated rings. The van der Waals surface area contributed by atoms with E-state index in [0.717, 1.165) is 15.0 Å². The molecule has 26 heavy (non-hydrogen) atoms. The summed E-state index contributed by atoms with van der Waals surface area (Å²) in [6, 6.07) is 10.5. The summed E-state index contributed by atoms with van der Waals surface area (Å²) in [6.07, 6.45) is 1.02. The van der Waals surface area contributed by atoms with Gasteiger partial charge in [-0.05, 0) is 49.4 Å². The number of rotatable bonds is 6. The van der Waals surface area contributed by atoms with Crippen LogP contribution < -0.4 is 14.4 Å². The van der Waals surface area contributed by atoms with Crippen molar-refractivity contribution in [2.24, 2.45) is 0 Å². The van der Waals surface area contributed by atoms with Gasteiger partial charge in [-0.2, -0.15) is 0 Å². The molecule has 0 radical (unpaired) electrons. The van der Waals surface area contributed by atoms with Gasteiger partial charge < -0.3 is 10.1 Å². The summed E-state index contributed by atoms with van der Waals surface area (Å²) in [7, 11) is -2.37. The maximum atomic E-state index is 12.6. The molecule has 0 spiro atoms. The van der Waals surface area contributed by atoms with Gasteiger partial charge >= 0.3 is 0 Å². The highest BCUT2D eigenvalue weighted by molar-refractivity contribution is 9.10. The van der Waals surface area contributed by atoms with Crippen molar-refractivity contribution in [1.29, 1.82) is 0 Å². The Bertz CT molecular complexity index is 903. The Kier molecular flexibility index (Phi) is 6.54. The van der Waals surface area contributed by atoms with Crippen molar-refractivity contribution < 1.29 is 17.9 Å². The van der Waals surface area contributed by atoms with E-state index in [0.29, 0.717) is 16.5 Å². The zero-order valence-electron chi connectivity index (χ0n) is 14.4. The first-order valence-corrected chi connectivity index (χ1v) is 10.5. The lowest BCUT2D eigenvalue weighted by atomic mass is 10.2. The van der Waals surface area contributed by atoms with Crippen LogP contribution in [0.2, 0.25) is 5.02 Å². The minimum Gasteiger partial charge on any atom is -0.495 e. The van der Waals surface area contributed by atoms with Crippen LogP contribution in [0.1, 0.15) is 6.92 Å². The molecule has 0 saturated carbocycles. The second kappa shape index (κ2) is 8.28. The number of hydrogen-bond donors (Lipinski definition) is 1. The van der Waals surface area contributed by atoms with Crippen LogP contribution in [0.5, 0.6) is 5.75 Å². The first kappa shape index (κ1) is 20.5. The van der Waals surface area contributed by atoms with Gasteiger partial charge in [-0.1, -0.05) is 27.5 Å². The molecule has 1 N–H and O–H groups in total. The smallest absolute Gasteiger partial charge is 0.247 e. The summed E-state index contributed by atoms with van der Waals surface area (Å²) >= 11 is 9.33. The molecular formula is C17H18BrClN2O4S. The molecule has 2 aromatic carbocycles. The number of sulfonamides is 1. The van der Waals surface area contributed by atoms with E-state index in [4.69, 9.17) is 16.3 Å². The van der Waals surface area contributed by atoms with E-state index in [1.807, 2.05) is 0 Å². The number of nitrogens with zero attached hydrogens (tertiary/aromatic N) is 1. The molecule has 0 bridgehead atoms. The van der Waals surface area contributed by atoms with Gasteiger partial charge in [0, 0.05) is 15.2 Å². The van der Waals surface area contributed by atoms with Crippen LogP contribution >= 0.6 is 27.5 Å². The van der Waals surface area contributed by atoms with Crippen molar-refractivity contribution in [3.63, 3.8) is 0 Å². The fourth-order valence-corrected chi connectivity index (χ4v) is 4.00. The van der Waals surface area contributed by atoms with Crippen molar-refractivity contribution in [2.75, 3.05) is 23.0 Å². The van der Waals surface area contributed by atoms with Crippen LogP contribution in [0.4, 0.5) is 11.4 Å². The summed E-state index contributed by atoms with van der Waals surface area (Å²) in [4.78, 5) is 12.6. The Labute approximate surface area is 166 Å². The van der Waals surface area contributed by atoms with E-state index >= 15 is 0 Å². The Morgan fingerprint density at radius 1 is 1.23 bits per heavy atom. The zero-order valence-corrected chi connectivity index (χ0v) is 17.5. The van der Waals surface area contributed by atoms with Crippen LogP contribution in [0, 0.1) is 0 Å². The summed E-state index contributed by atoms with van der Waals surface area (Å²) in [5, 5.41) is 3.03. The molecule has 0 aromatic heterocycles. The molecule has 6 nitrogen and oxygen atoms in total. The molecule has 0 aliphatic carbocycles. The molecule has 1 atom stereocenters. The lowest BCUT2D eigenvalue weighted by Gasteiger charge is -2.29. The van der Waals surface area contributed by atoms with Crippen molar-refractivity contribution in [2.45, 2.75) is 13.0 Å². The van der Waals surface area contributed by atoms with Crippen LogP contribution in [-0.2, 0) is 14.8 Å². The lowest BCUT2D eigenvalue weighted by Crippen LogP contribution is -2.45. The molecule has 2 rings (SSSR count). The summed E-state index contributed by atoms with van der Waals surface area (Å²) in [5.74, 6) is -0.192. The number of methoxy groups -OCH3 is 1. The highest BCUT2D eigenvalue weighted by Gasteiger charge is 2.31. The molecule has 9 heteroatoms. The van der Waals surface area contributed by atoms with E-state index in [-0.39, 0.29) is 5.69 Å². The van der Waals surface area contributed by atoms with Gasteiger partial charge in [0.25, 0.3) is 0 Å². The predicted octanol–water partition coefficient (Wildman–Crippen LogP) is 3.90. The fraction of sp³-hybridized carbons (Fsp3) is 0.235. The largest absolute Gasteiger partial charge is 0.495 e. The van der Waals surface area contributed by atoms with Gasteiger partial charge in [-0.3, -0.25) is 9.10 Å². The van der Waals surface area contributed by atoms with Gasteiger partial charge in [-0.15, -0.1) is 0 Å². The summed E-state index contributed by atoms with van der Waals surface area (Å²) in [6.45, 7) is 1.50. The second-order valence-electron chi connectivity index (χ2n) is 5.55. The van der Waals surface area contributed by atoms with Crippen LogP contribution in [0.3, 0.4) is 0 Å². The minimum atomic E-state index is -3.78. The van der Waals surface area contributed by atoms with Crippen molar-refractivity contribution in [3.8, 4) is 5.75 Å². The van der Waals surface area contributed by atoms with E-state index in [1.54, 1.807) is 36.4 Å². The second-order valence-corrected chi connectivity index (χ2v) is 8.76. The molecule has 0 aliphatic heterocycles. The van der Waals surface area contributed by atoms with Crippen LogP contribution in [-0.4, -0.2) is 33.7 Å². The molecular weight excluding hydrogens is 444 g/mol. The number of benzene rings is 2. The van der Waals surface area contributed by atoms with Gasteiger partial charge in [0.2, 0.25) is 15.9 Å². The molecule has 0 unspecified atom stereocenters. The Morgan fingerprint density at radius 3 is 2.38 bits per heavy atom. The first-order valence-electron chi connectivity index (χ1n) is 7.53. The predicted molar refractivity (Wildman–Crippen MR) is 108 cm³/mol. The number of hydrogen-bond acceptors (Lipinski definition) is 4. The summed E-state index contributed by atoms with van der Waals surface area (Å²) < 4.78 is 31.9. The zero-order chi connectivity index (χ0) is 19.5. The fourth-order valence-electron chi connectivity index (χ4n) is 2.40. The number of nitrogens with one attached hydrogen (secondary N) is 1. The highest BCUT2D eigenvalue weighted by atomic mass is 79.9. The minimum absolute atomic E-state index is 0.195. The summed E-state index contributed by atoms with van der Waals surface area (Å²) in [5.41, 5.74) is 0.748. The van der Waals surface area contributed by atoms with E-state index < -0.39 is 22.0 Å². The van der Waals surface area contributed by atoms with E-state index in [1.165, 1.54) is 20.1 Å². The number of amides is 1. The van der Waals surface area contributed by atoms with E-state index in [9.17, 15) is 13.2 Å². The third kappa shape index (κ3) is 4.90. The number of halogens is 2. The molecule has 0 heterocycles. The van der Waals surface area contributed by atoms with Crippen LogP contribution in [0.15, 0.2) is 46.9 Å². The Morgan fingerprint density at radius 2 is 1.85 bits per heavy atom. The maximum absolute atomic E-state index is 12.6. The molecule has 140 valence electrons. The molecule has 1 amide bonds. The maximum Gasteiger partial charge on any atom is 0.247 e. The number of ether oxygens (including phenoxy) is 1. The average Bonchev–Trinajstić information content (AvgIpc) is 2.56. The monoisotopic (exact) mass is 460 g/mol. The van der Waals surface area contributed by atoms with E-state index in [2.05, 4.69) is 21.2 Å². The van der Waals surface area contributed by atoms with Gasteiger partial charge in [0.15, 0.2) is 0 Å². The van der Waals surface area contributed by atoms with Gasteiger partial charge in [0.1, 0.15) is 11.8 Å². The number of carbonyl (C=O) groups excluding carboxylic acids is 1. The normalized spacial score (nSPS) is 12.3. The van der Waals surface area contributed by atoms with Gasteiger partial charge in [0.05, 0.1) is 19.1 Å². The van der Waals surface area contributed by atoms with Crippen molar-refractivity contribution >= 4 is 54.8 Å². The lowest BCUT2D eigenvalue weighted by molar-refractivity contribution is -0.116. The topological polar surface area (TPSA) is 75.7 Å². The Hall–Kier alpha value is -1.77. The van der Waals surface area contributed by atoms with Gasteiger partial charge in [-0.25, -0.2) is 8.42 Å². The average molecular weight is 462 g/mol. The quantitative estimate of drug-likeness (QED) is 0.708. The van der Waals surface area contributed by atoms with Crippen LogP contribution in [0.25, 0.3) is 0 Å². The highest BCUT2D eigenvalue weighted by Crippen LogP contribution is 2.34. The SMILES string of the molecule is COc1ccc(Cl)cc1N([C@@H](C)C(=O)Nc1ccc(Br)cc1)S(C)(=O)=O. The third-order valence-corrected chi connectivity index (χ3v) is 5.57. The van der Waals surface area contributed by atoms with Crippen molar-refractivity contribution in [1.82, 2.24) is 0 Å². The van der Waals surface area contributed by atoms with Crippen molar-refractivity contribution in [3.05, 3.63) is 52.0 Å². The Balaban J connectivity index is 2.39. The standard InChI is InChI=1S/C17H18BrClN2O4S/c1-11(17(22)20-14-7-4-12(18)5-8-14)21(26(3,23)24)15-10-13(19)6-9-16(15)25-2/h4-11H,1-3H3,(H,20,22)/t11-/m0/s1. The number of anilines is 2. The molecule has 2 aromatic rings. The number of carbonyl (C=O) groups is 1. The first-order chi connectivity index (χ1) is 12.1. The molecule has 0 saturated heterocycles. The molecule has 0 aliphatic rings. The third-order valence-electron chi connectivity index (χ3n) is 3.58.